The molecule has 0 N–H and O–H groups in total. The average molecular weight is 285 g/mol. The number of ether oxygens (including phenoxy) is 1. The molecule has 0 fully saturated rings. The molecule has 88 valence electrons. The Morgan fingerprint density at radius 3 is 2.12 bits per heavy atom. The van der Waals surface area contributed by atoms with Gasteiger partial charge in [0.25, 0.3) is 0 Å². The number of carbonyl (C=O) groups is 1. The van der Waals surface area contributed by atoms with Gasteiger partial charge in [-0.3, -0.25) is 0 Å². The molecule has 16 heavy (non-hydrogen) atoms. The van der Waals surface area contributed by atoms with Crippen molar-refractivity contribution in [3.8, 4) is 5.75 Å². The van der Waals surface area contributed by atoms with Crippen LogP contribution in [0.3, 0.4) is 0 Å². The van der Waals surface area contributed by atoms with E-state index in [4.69, 9.17) is 4.74 Å². The van der Waals surface area contributed by atoms with Crippen LogP contribution in [0.1, 0.15) is 35.4 Å². The Hall–Kier alpha value is -0.830. The third-order valence-electron chi connectivity index (χ3n) is 2.33. The first kappa shape index (κ1) is 13.2. The first-order chi connectivity index (χ1) is 7.45. The smallest absolute Gasteiger partial charge is 0.138 e. The van der Waals surface area contributed by atoms with Crippen molar-refractivity contribution in [1.29, 1.82) is 0 Å². The summed E-state index contributed by atoms with van der Waals surface area (Å²) >= 11 is 3.35. The summed E-state index contributed by atoms with van der Waals surface area (Å²) < 4.78 is 5.64. The maximum absolute atomic E-state index is 10.8. The quantitative estimate of drug-likeness (QED) is 0.622. The molecule has 0 aliphatic heterocycles. The molecule has 0 radical (unpaired) electrons. The van der Waals surface area contributed by atoms with Gasteiger partial charge in [-0.25, -0.2) is 0 Å². The van der Waals surface area contributed by atoms with Crippen molar-refractivity contribution in [2.24, 2.45) is 0 Å². The molecule has 0 aromatic heterocycles. The third kappa shape index (κ3) is 3.08. The predicted molar refractivity (Wildman–Crippen MR) is 69.4 cm³/mol. The van der Waals surface area contributed by atoms with E-state index in [1.54, 1.807) is 0 Å². The maximum atomic E-state index is 10.8. The van der Waals surface area contributed by atoms with Crippen molar-refractivity contribution in [2.75, 3.05) is 0 Å². The number of halogens is 1. The van der Waals surface area contributed by atoms with Gasteiger partial charge in [-0.2, -0.15) is 0 Å². The molecule has 0 bridgehead atoms. The van der Waals surface area contributed by atoms with Crippen LogP contribution in [0, 0.1) is 13.8 Å². The second-order valence-electron chi connectivity index (χ2n) is 4.18. The molecule has 2 nitrogen and oxygen atoms in total. The molecule has 1 aromatic rings. The molecule has 1 unspecified atom stereocenters. The van der Waals surface area contributed by atoms with Crippen LogP contribution in [-0.2, 0) is 4.79 Å². The zero-order valence-electron chi connectivity index (χ0n) is 10.1. The van der Waals surface area contributed by atoms with E-state index in [1.165, 1.54) is 0 Å². The van der Waals surface area contributed by atoms with Crippen molar-refractivity contribution >= 4 is 22.2 Å². The van der Waals surface area contributed by atoms with E-state index in [-0.39, 0.29) is 10.9 Å². The zero-order valence-corrected chi connectivity index (χ0v) is 11.7. The SMILES string of the molecule is Cc1cc(OC(C)C)cc(C)c1C(Br)C=O. The Labute approximate surface area is 105 Å². The molecule has 0 aliphatic rings. The molecule has 0 spiro atoms. The van der Waals surface area contributed by atoms with Gasteiger partial charge < -0.3 is 9.53 Å². The fraction of sp³-hybridized carbons (Fsp3) is 0.462. The summed E-state index contributed by atoms with van der Waals surface area (Å²) in [6.45, 7) is 7.98. The van der Waals surface area contributed by atoms with Crippen LogP contribution in [0.15, 0.2) is 12.1 Å². The van der Waals surface area contributed by atoms with Gasteiger partial charge >= 0.3 is 0 Å². The monoisotopic (exact) mass is 284 g/mol. The van der Waals surface area contributed by atoms with Gasteiger partial charge in [0.15, 0.2) is 0 Å². The topological polar surface area (TPSA) is 26.3 Å². The van der Waals surface area contributed by atoms with Crippen molar-refractivity contribution in [1.82, 2.24) is 0 Å². The number of aryl methyl sites for hydroxylation is 2. The van der Waals surface area contributed by atoms with E-state index in [9.17, 15) is 4.79 Å². The molecule has 1 aromatic carbocycles. The van der Waals surface area contributed by atoms with Crippen molar-refractivity contribution in [2.45, 2.75) is 38.6 Å². The fourth-order valence-corrected chi connectivity index (χ4v) is 2.50. The number of rotatable bonds is 4. The summed E-state index contributed by atoms with van der Waals surface area (Å²) in [6.07, 6.45) is 1.06. The Morgan fingerprint density at radius 1 is 1.25 bits per heavy atom. The van der Waals surface area contributed by atoms with Gasteiger partial charge in [0, 0.05) is 0 Å². The Bertz CT molecular complexity index is 363. The van der Waals surface area contributed by atoms with E-state index in [1.807, 2.05) is 39.8 Å². The Morgan fingerprint density at radius 2 is 1.75 bits per heavy atom. The summed E-state index contributed by atoms with van der Waals surface area (Å²) in [4.78, 5) is 10.6. The predicted octanol–water partition coefficient (Wildman–Crippen LogP) is 3.73. The molecular weight excluding hydrogens is 268 g/mol. The Kier molecular flexibility index (Phi) is 4.54. The minimum Gasteiger partial charge on any atom is -0.491 e. The van der Waals surface area contributed by atoms with Crippen LogP contribution in [0.4, 0.5) is 0 Å². The molecule has 0 saturated heterocycles. The fourth-order valence-electron chi connectivity index (χ4n) is 1.78. The largest absolute Gasteiger partial charge is 0.491 e. The number of aldehydes is 1. The number of benzene rings is 1. The van der Waals surface area contributed by atoms with E-state index >= 15 is 0 Å². The zero-order chi connectivity index (χ0) is 12.3. The summed E-state index contributed by atoms with van der Waals surface area (Å²) in [7, 11) is 0. The summed E-state index contributed by atoms with van der Waals surface area (Å²) in [5.41, 5.74) is 3.18. The molecule has 1 rings (SSSR count). The van der Waals surface area contributed by atoms with Crippen LogP contribution in [0.25, 0.3) is 0 Å². The number of hydrogen-bond acceptors (Lipinski definition) is 2. The summed E-state index contributed by atoms with van der Waals surface area (Å²) in [6, 6.07) is 3.94. The lowest BCUT2D eigenvalue weighted by Gasteiger charge is -2.16. The minimum atomic E-state index is -0.236. The standard InChI is InChI=1S/C13H17BrO2/c1-8(2)16-11-5-9(3)13(10(4)6-11)12(14)7-15/h5-8,12H,1-4H3. The number of hydrogen-bond donors (Lipinski definition) is 0. The van der Waals surface area contributed by atoms with Crippen molar-refractivity contribution < 1.29 is 9.53 Å². The first-order valence-electron chi connectivity index (χ1n) is 5.33. The lowest BCUT2D eigenvalue weighted by atomic mass is 10.00. The van der Waals surface area contributed by atoms with Crippen LogP contribution in [-0.4, -0.2) is 12.4 Å². The highest BCUT2D eigenvalue weighted by Gasteiger charge is 2.13. The van der Waals surface area contributed by atoms with Gasteiger partial charge in [0.1, 0.15) is 12.0 Å². The van der Waals surface area contributed by atoms with Crippen LogP contribution in [0.2, 0.25) is 0 Å². The average Bonchev–Trinajstić information content (AvgIpc) is 2.15. The van der Waals surface area contributed by atoms with Crippen molar-refractivity contribution in [3.05, 3.63) is 28.8 Å². The number of alkyl halides is 1. The molecule has 0 amide bonds. The molecular formula is C13H17BrO2. The van der Waals surface area contributed by atoms with Crippen LogP contribution >= 0.6 is 15.9 Å². The number of carbonyl (C=O) groups excluding carboxylic acids is 1. The third-order valence-corrected chi connectivity index (χ3v) is 3.01. The van der Waals surface area contributed by atoms with E-state index in [0.29, 0.717) is 0 Å². The maximum Gasteiger partial charge on any atom is 0.138 e. The second-order valence-corrected chi connectivity index (χ2v) is 5.16. The van der Waals surface area contributed by atoms with Gasteiger partial charge in [-0.05, 0) is 56.5 Å². The first-order valence-corrected chi connectivity index (χ1v) is 6.24. The normalized spacial score (nSPS) is 12.6. The van der Waals surface area contributed by atoms with Crippen molar-refractivity contribution in [3.63, 3.8) is 0 Å². The van der Waals surface area contributed by atoms with Crippen LogP contribution in [0.5, 0.6) is 5.75 Å². The van der Waals surface area contributed by atoms with Gasteiger partial charge in [-0.1, -0.05) is 15.9 Å². The highest BCUT2D eigenvalue weighted by Crippen LogP contribution is 2.30. The summed E-state index contributed by atoms with van der Waals surface area (Å²) in [5.74, 6) is 0.861. The van der Waals surface area contributed by atoms with E-state index < -0.39 is 0 Å². The van der Waals surface area contributed by atoms with Gasteiger partial charge in [0.2, 0.25) is 0 Å². The molecule has 0 saturated carbocycles. The molecule has 0 heterocycles. The lowest BCUT2D eigenvalue weighted by molar-refractivity contribution is -0.107. The van der Waals surface area contributed by atoms with E-state index in [0.717, 1.165) is 28.7 Å². The minimum absolute atomic E-state index is 0.162. The Balaban J connectivity index is 3.12. The van der Waals surface area contributed by atoms with Gasteiger partial charge in [0.05, 0.1) is 10.9 Å². The highest BCUT2D eigenvalue weighted by molar-refractivity contribution is 9.09. The lowest BCUT2D eigenvalue weighted by Crippen LogP contribution is -2.07. The molecule has 1 atom stereocenters. The van der Waals surface area contributed by atoms with E-state index in [2.05, 4.69) is 15.9 Å². The van der Waals surface area contributed by atoms with Crippen LogP contribution < -0.4 is 4.74 Å². The molecule has 0 aliphatic carbocycles. The summed E-state index contributed by atoms with van der Waals surface area (Å²) in [5, 5.41) is 0. The second kappa shape index (κ2) is 5.48. The van der Waals surface area contributed by atoms with Gasteiger partial charge in [-0.15, -0.1) is 0 Å². The molecule has 3 heteroatoms. The highest BCUT2D eigenvalue weighted by atomic mass is 79.9.